The molecule has 2 aromatic rings. The Hall–Kier alpha value is -7.53. The molecule has 0 saturated carbocycles. The third-order valence-corrected chi connectivity index (χ3v) is 18.2. The number of hydrogen-bond donors (Lipinski definition) is 13. The number of aliphatic hydroxyl groups is 1. The number of benzene rings is 2. The van der Waals surface area contributed by atoms with Crippen LogP contribution in [0.1, 0.15) is 179 Å². The van der Waals surface area contributed by atoms with Gasteiger partial charge in [0.15, 0.2) is 0 Å². The van der Waals surface area contributed by atoms with E-state index < -0.39 is 158 Å². The average molecular weight is 1340 g/mol. The maximum atomic E-state index is 14.5. The second-order valence-electron chi connectivity index (χ2n) is 23.7. The first-order valence-electron chi connectivity index (χ1n) is 32.4. The van der Waals surface area contributed by atoms with E-state index in [9.17, 15) is 82.8 Å². The molecule has 10 amide bonds. The van der Waals surface area contributed by atoms with Crippen molar-refractivity contribution in [1.82, 2.24) is 47.4 Å². The molecule has 2 heterocycles. The molecule has 27 nitrogen and oxygen atoms in total. The number of carboxylic acid groups (broad SMARTS) is 3. The highest BCUT2D eigenvalue weighted by molar-refractivity contribution is 7.99. The first-order chi connectivity index (χ1) is 44.5. The van der Waals surface area contributed by atoms with Gasteiger partial charge in [-0.1, -0.05) is 133 Å². The number of carbonyl (C=O) groups is 13. The molecule has 1 unspecified atom stereocenters. The summed E-state index contributed by atoms with van der Waals surface area (Å²) >= 11 is 2.39. The average Bonchev–Trinajstić information content (AvgIpc) is 1.89. The summed E-state index contributed by atoms with van der Waals surface area (Å²) in [6.45, 7) is 2.21. The molecular weight excluding hydrogens is 1240 g/mol. The fourth-order valence-corrected chi connectivity index (χ4v) is 13.0. The second kappa shape index (κ2) is 42.6. The lowest BCUT2D eigenvalue weighted by atomic mass is 10.0. The number of nitrogens with one attached hydrogen (secondary N) is 8. The molecule has 8 atom stereocenters. The van der Waals surface area contributed by atoms with Gasteiger partial charge in [0.05, 0.1) is 19.1 Å². The minimum atomic E-state index is -1.86. The number of carbonyl (C=O) groups excluding carboxylic acids is 10. The smallest absolute Gasteiger partial charge is 0.305 e. The molecule has 0 bridgehead atoms. The van der Waals surface area contributed by atoms with Crippen molar-refractivity contribution in [1.29, 1.82) is 0 Å². The molecule has 29 heteroatoms. The van der Waals surface area contributed by atoms with Crippen molar-refractivity contribution in [2.75, 3.05) is 31.1 Å². The summed E-state index contributed by atoms with van der Waals surface area (Å²) < 4.78 is 0. The lowest BCUT2D eigenvalue weighted by Gasteiger charge is -2.30. The van der Waals surface area contributed by atoms with Gasteiger partial charge in [0.2, 0.25) is 59.1 Å². The lowest BCUT2D eigenvalue weighted by molar-refractivity contribution is -0.146. The Kier molecular flexibility index (Phi) is 35.7. The molecule has 1 fully saturated rings. The van der Waals surface area contributed by atoms with Gasteiger partial charge in [0.1, 0.15) is 42.3 Å². The fourth-order valence-electron chi connectivity index (χ4n) is 10.8. The van der Waals surface area contributed by atoms with Crippen molar-refractivity contribution in [3.63, 3.8) is 0 Å². The molecule has 0 spiro atoms. The van der Waals surface area contributed by atoms with E-state index in [1.54, 1.807) is 0 Å². The standard InChI is InChI=1S/C64H96N10O17S2/c1-3-4-5-6-7-8-9-10-11-12-13-14-15-16-17-24-51(76)66-30-29-52(77)69-49-39-93-37-44-33-42-22-19-18-21-41(42)32-43(44)36-92-38-48(58(65)85)72-59(86)45(25-27-54(79)80)68-53(78)35-67-63(90)57(40(2)75)73-60(87)46(26-28-55(81)82)70-62(89)50-23-20-31-74(50)64(91)47(34-56(83)84)71-61(49)88/h18-19,21-22,32-33,40,45-50,57,75H,3-17,20,23-31,34-39H2,1-2H3,(H2,65,85)(H,66,76)(H,67,90)(H,68,78)(H,69,77)(H,70,89)(H,71,88)(H,72,86)(H,73,87)(H,79,80)(H,81,82)(H,83,84)/t40-,45+,46?,47+,48+,49+,50+,57+/m1/s1. The monoisotopic (exact) mass is 1340 g/mol. The Morgan fingerprint density at radius 2 is 1.14 bits per heavy atom. The third kappa shape index (κ3) is 29.5. The van der Waals surface area contributed by atoms with E-state index in [1.807, 2.05) is 36.4 Å². The van der Waals surface area contributed by atoms with Crippen LogP contribution in [0.4, 0.5) is 0 Å². The van der Waals surface area contributed by atoms with Crippen molar-refractivity contribution >= 4 is 111 Å². The SMILES string of the molecule is CCCCCCCCCCCCCCCCCC(=O)NCCC(=O)N[C@H]1CSCc2cc3ccccc3cc2CSC[C@@H](C(N)=O)NC(=O)[C@H](CCC(=O)O)NC(=O)CNC(=O)[C@H]([C@@H](C)O)NC(=O)C(CCC(=O)O)NC(=O)[C@@H]2CCCN2C(=O)[C@H](CC(=O)O)NC1=O. The van der Waals surface area contributed by atoms with E-state index in [4.69, 9.17) is 5.73 Å². The predicted octanol–water partition coefficient (Wildman–Crippen LogP) is 3.17. The summed E-state index contributed by atoms with van der Waals surface area (Å²) in [5, 5.41) is 61.1. The summed E-state index contributed by atoms with van der Waals surface area (Å²) in [6.07, 6.45) is 12.7. The molecule has 1 saturated heterocycles. The van der Waals surface area contributed by atoms with Gasteiger partial charge in [0.25, 0.3) is 0 Å². The molecule has 516 valence electrons. The summed E-state index contributed by atoms with van der Waals surface area (Å²) in [5.74, 6) is -13.4. The normalized spacial score (nSPS) is 21.5. The first kappa shape index (κ1) is 77.9. The highest BCUT2D eigenvalue weighted by atomic mass is 32.2. The molecule has 93 heavy (non-hydrogen) atoms. The van der Waals surface area contributed by atoms with E-state index in [2.05, 4.69) is 49.5 Å². The van der Waals surface area contributed by atoms with Crippen molar-refractivity contribution in [2.24, 2.45) is 5.73 Å². The molecule has 2 aliphatic heterocycles. The predicted molar refractivity (Wildman–Crippen MR) is 350 cm³/mol. The number of aliphatic carboxylic acids is 3. The molecule has 0 aromatic heterocycles. The fraction of sp³-hybridized carbons (Fsp3) is 0.641. The third-order valence-electron chi connectivity index (χ3n) is 16.0. The summed E-state index contributed by atoms with van der Waals surface area (Å²) in [6, 6.07) is 0.0529. The largest absolute Gasteiger partial charge is 0.481 e. The van der Waals surface area contributed by atoms with Crippen LogP contribution in [-0.4, -0.2) is 182 Å². The zero-order valence-electron chi connectivity index (χ0n) is 53.4. The van der Waals surface area contributed by atoms with Crippen LogP contribution in [0.25, 0.3) is 10.8 Å². The topological polar surface area (TPSA) is 428 Å². The van der Waals surface area contributed by atoms with Crippen LogP contribution in [0, 0.1) is 0 Å². The minimum absolute atomic E-state index is 0.0372. The van der Waals surface area contributed by atoms with Crippen LogP contribution in [-0.2, 0) is 73.8 Å². The number of unbranched alkanes of at least 4 members (excludes halogenated alkanes) is 14. The van der Waals surface area contributed by atoms with Crippen LogP contribution in [0.15, 0.2) is 36.4 Å². The number of amides is 10. The highest BCUT2D eigenvalue weighted by Crippen LogP contribution is 2.28. The molecule has 0 aliphatic carbocycles. The van der Waals surface area contributed by atoms with Gasteiger partial charge >= 0.3 is 17.9 Å². The second-order valence-corrected chi connectivity index (χ2v) is 25.8. The molecule has 2 aliphatic rings. The Bertz CT molecular complexity index is 2860. The zero-order valence-corrected chi connectivity index (χ0v) is 55.1. The van der Waals surface area contributed by atoms with E-state index in [0.717, 1.165) is 59.4 Å². The number of hydrogen-bond acceptors (Lipinski definition) is 16. The Balaban J connectivity index is 1.60. The van der Waals surface area contributed by atoms with Crippen LogP contribution < -0.4 is 48.3 Å². The number of thioether (sulfide) groups is 2. The van der Waals surface area contributed by atoms with Gasteiger partial charge in [0, 0.05) is 61.8 Å². The van der Waals surface area contributed by atoms with Crippen molar-refractivity contribution in [2.45, 2.75) is 228 Å². The van der Waals surface area contributed by atoms with Crippen LogP contribution >= 0.6 is 23.5 Å². The van der Waals surface area contributed by atoms with Gasteiger partial charge in [-0.2, -0.15) is 23.5 Å². The van der Waals surface area contributed by atoms with Gasteiger partial charge < -0.3 is 73.6 Å². The molecule has 0 radical (unpaired) electrons. The highest BCUT2D eigenvalue weighted by Gasteiger charge is 2.41. The number of nitrogens with zero attached hydrogens (tertiary/aromatic N) is 1. The number of rotatable bonds is 30. The van der Waals surface area contributed by atoms with Crippen LogP contribution in [0.3, 0.4) is 0 Å². The first-order valence-corrected chi connectivity index (χ1v) is 34.7. The Morgan fingerprint density at radius 3 is 1.68 bits per heavy atom. The van der Waals surface area contributed by atoms with E-state index in [-0.39, 0.29) is 67.7 Å². The van der Waals surface area contributed by atoms with E-state index in [1.165, 1.54) is 87.7 Å². The Labute approximate surface area is 551 Å². The number of fused-ring (bicyclic) bond motifs is 3. The van der Waals surface area contributed by atoms with Crippen LogP contribution in [0.2, 0.25) is 0 Å². The number of carboxylic acids is 3. The number of primary amides is 1. The molecule has 14 N–H and O–H groups in total. The van der Waals surface area contributed by atoms with Crippen molar-refractivity contribution in [3.05, 3.63) is 47.5 Å². The number of aliphatic hydroxyl groups excluding tert-OH is 1. The summed E-state index contributed by atoms with van der Waals surface area (Å²) in [4.78, 5) is 174. The zero-order chi connectivity index (χ0) is 68.2. The van der Waals surface area contributed by atoms with Gasteiger partial charge in [-0.3, -0.25) is 62.3 Å². The Morgan fingerprint density at radius 1 is 0.613 bits per heavy atom. The van der Waals surface area contributed by atoms with Gasteiger partial charge in [-0.25, -0.2) is 0 Å². The maximum absolute atomic E-state index is 14.5. The van der Waals surface area contributed by atoms with Gasteiger partial charge in [-0.15, -0.1) is 0 Å². The summed E-state index contributed by atoms with van der Waals surface area (Å²) in [5.41, 5.74) is 7.25. The quantitative estimate of drug-likeness (QED) is 0.0500. The number of nitrogens with two attached hydrogens (primary N) is 1. The van der Waals surface area contributed by atoms with Crippen molar-refractivity contribution in [3.8, 4) is 0 Å². The minimum Gasteiger partial charge on any atom is -0.481 e. The van der Waals surface area contributed by atoms with Crippen LogP contribution in [0.5, 0.6) is 0 Å². The molecule has 4 rings (SSSR count). The van der Waals surface area contributed by atoms with Crippen molar-refractivity contribution < 1.29 is 82.8 Å². The summed E-state index contributed by atoms with van der Waals surface area (Å²) in [7, 11) is 0. The molecular formula is C64H96N10O17S2. The van der Waals surface area contributed by atoms with Gasteiger partial charge in [-0.05, 0) is 60.9 Å². The van der Waals surface area contributed by atoms with E-state index in [0.29, 0.717) is 6.42 Å². The lowest BCUT2D eigenvalue weighted by Crippen LogP contribution is -2.60. The van der Waals surface area contributed by atoms with E-state index >= 15 is 0 Å². The maximum Gasteiger partial charge on any atom is 0.305 e. The molecule has 2 aromatic carbocycles.